The summed E-state index contributed by atoms with van der Waals surface area (Å²) in [4.78, 5) is 73.2. The molecule has 2 heterocycles. The quantitative estimate of drug-likeness (QED) is 0.00742. The van der Waals surface area contributed by atoms with Crippen LogP contribution < -0.4 is 16.0 Å². The number of carbonyl (C=O) groups excluding carboxylic acids is 6. The molecule has 28 nitrogen and oxygen atoms in total. The number of likely N-dealkylation sites (N-methyl/N-ethyl adjacent to an activating group) is 1. The van der Waals surface area contributed by atoms with Crippen molar-refractivity contribution in [3.63, 3.8) is 0 Å². The van der Waals surface area contributed by atoms with Crippen molar-refractivity contribution >= 4 is 41.2 Å². The fourth-order valence-corrected chi connectivity index (χ4v) is 7.00. The molecule has 0 radical (unpaired) electrons. The third-order valence-corrected chi connectivity index (χ3v) is 11.2. The molecule has 0 aromatic rings. The van der Waals surface area contributed by atoms with Crippen molar-refractivity contribution in [3.8, 4) is 0 Å². The van der Waals surface area contributed by atoms with Gasteiger partial charge >= 0.3 is 5.97 Å². The van der Waals surface area contributed by atoms with Gasteiger partial charge in [-0.25, -0.2) is 15.2 Å². The van der Waals surface area contributed by atoms with Gasteiger partial charge in [0.2, 0.25) is 35.8 Å². The van der Waals surface area contributed by atoms with Crippen molar-refractivity contribution in [1.29, 1.82) is 0 Å². The van der Waals surface area contributed by atoms with E-state index in [-0.39, 0.29) is 81.4 Å². The van der Waals surface area contributed by atoms with E-state index in [0.717, 1.165) is 0 Å². The number of hydrogen-bond donors (Lipinski definition) is 14. The maximum absolute atomic E-state index is 12.4. The first kappa shape index (κ1) is 64.3. The molecule has 5 amide bonds. The number of unbranched alkanes of at least 4 members (excludes halogenated alkanes) is 6. The summed E-state index contributed by atoms with van der Waals surface area (Å²) in [6.45, 7) is -0.614. The van der Waals surface area contributed by atoms with Gasteiger partial charge in [-0.2, -0.15) is 0 Å². The molecular weight excluding hydrogens is 982 g/mol. The van der Waals surface area contributed by atoms with Crippen molar-refractivity contribution in [2.75, 3.05) is 59.6 Å². The molecule has 0 saturated carbocycles. The van der Waals surface area contributed by atoms with Crippen LogP contribution in [0.3, 0.4) is 0 Å². The zero-order chi connectivity index (χ0) is 51.5. The summed E-state index contributed by atoms with van der Waals surface area (Å²) in [5, 5.41) is 123. The predicted octanol–water partition coefficient (Wildman–Crippen LogP) is -4.06. The van der Waals surface area contributed by atoms with E-state index in [9.17, 15) is 80.2 Å². The Morgan fingerprint density at radius 2 is 1.14 bits per heavy atom. The van der Waals surface area contributed by atoms with Crippen LogP contribution in [0.5, 0.6) is 0 Å². The number of esters is 1. The van der Waals surface area contributed by atoms with Gasteiger partial charge in [-0.3, -0.25) is 44.4 Å². The Hall–Kier alpha value is -3.75. The molecule has 0 aromatic heterocycles. The number of hydrogen-bond acceptors (Lipinski definition) is 23. The van der Waals surface area contributed by atoms with Crippen LogP contribution in [0.15, 0.2) is 5.16 Å². The summed E-state index contributed by atoms with van der Waals surface area (Å²) in [5.41, 5.74) is -0.698. The predicted molar refractivity (Wildman–Crippen MR) is 231 cm³/mol. The number of ether oxygens (including phenoxy) is 4. The van der Waals surface area contributed by atoms with E-state index in [1.165, 1.54) is 7.05 Å². The SMILES string of the molecule is CNC(CO)[C@H]1OC(O)[C@H](O[C@H]2O[C@H](COC(=O)CCC(=O)N(O)CCCCCNC(=O)CCC(=O)N(O)CCCCCNC(=O)CCC(=O)N(O)CCCCCO)[C@@H](O)[C@H](O)/C2=N\O)[C@@H](O)[C@@H]1O.[Fe]. The summed E-state index contributed by atoms with van der Waals surface area (Å²) in [6.07, 6.45) is -12.8. The Morgan fingerprint density at radius 3 is 1.60 bits per heavy atom. The number of carbonyl (C=O) groups is 6. The van der Waals surface area contributed by atoms with Gasteiger partial charge in [0.1, 0.15) is 55.0 Å². The molecule has 10 atom stereocenters. The first-order valence-electron chi connectivity index (χ1n) is 23.0. The third-order valence-electron chi connectivity index (χ3n) is 11.2. The topological polar surface area (TPSA) is 420 Å². The first-order chi connectivity index (χ1) is 32.9. The molecule has 14 N–H and O–H groups in total. The van der Waals surface area contributed by atoms with Crippen LogP contribution >= 0.6 is 0 Å². The van der Waals surface area contributed by atoms with E-state index in [2.05, 4.69) is 21.1 Å². The zero-order valence-electron chi connectivity index (χ0n) is 39.2. The van der Waals surface area contributed by atoms with E-state index >= 15 is 0 Å². The molecule has 2 aliphatic heterocycles. The number of nitrogens with one attached hydrogen (secondary N) is 3. The van der Waals surface area contributed by atoms with Gasteiger partial charge < -0.3 is 75.9 Å². The Bertz CT molecular complexity index is 1600. The number of nitrogens with zero attached hydrogens (tertiary/aromatic N) is 4. The number of hydroxylamine groups is 6. The molecule has 2 fully saturated rings. The van der Waals surface area contributed by atoms with Gasteiger partial charge in [0.05, 0.1) is 19.1 Å². The minimum Gasteiger partial charge on any atom is -0.463 e. The molecule has 0 bridgehead atoms. The van der Waals surface area contributed by atoms with E-state index in [1.54, 1.807) is 0 Å². The molecule has 0 aromatic carbocycles. The smallest absolute Gasteiger partial charge is 0.306 e. The summed E-state index contributed by atoms with van der Waals surface area (Å²) in [5.74, 6) is -3.77. The second-order valence-corrected chi connectivity index (χ2v) is 16.5. The summed E-state index contributed by atoms with van der Waals surface area (Å²) in [6, 6.07) is -0.898. The molecule has 406 valence electrons. The summed E-state index contributed by atoms with van der Waals surface area (Å²) < 4.78 is 21.4. The number of rotatable bonds is 33. The van der Waals surface area contributed by atoms with Gasteiger partial charge in [0, 0.05) is 88.5 Å². The third kappa shape index (κ3) is 22.8. The summed E-state index contributed by atoms with van der Waals surface area (Å²) >= 11 is 0. The molecule has 0 spiro atoms. The Labute approximate surface area is 415 Å². The first-order valence-corrected chi connectivity index (χ1v) is 23.0. The number of aliphatic hydroxyl groups is 7. The molecule has 0 aliphatic carbocycles. The van der Waals surface area contributed by atoms with Crippen LogP contribution in [0, 0.1) is 0 Å². The summed E-state index contributed by atoms with van der Waals surface area (Å²) in [7, 11) is 1.44. The van der Waals surface area contributed by atoms with E-state index in [1.807, 2.05) is 0 Å². The number of oxime groups is 1. The fourth-order valence-electron chi connectivity index (χ4n) is 7.00. The minimum atomic E-state index is -1.96. The van der Waals surface area contributed by atoms with E-state index in [0.29, 0.717) is 79.5 Å². The molecular formula is C41H73FeN7O21. The Morgan fingerprint density at radius 1 is 0.657 bits per heavy atom. The van der Waals surface area contributed by atoms with E-state index < -0.39 is 123 Å². The van der Waals surface area contributed by atoms with Crippen molar-refractivity contribution in [2.24, 2.45) is 5.16 Å². The van der Waals surface area contributed by atoms with Crippen molar-refractivity contribution < 1.29 is 121 Å². The van der Waals surface area contributed by atoms with Crippen LogP contribution in [0.25, 0.3) is 0 Å². The number of aliphatic hydroxyl groups excluding tert-OH is 7. The standard InChI is InChI=1S/C41H73N7O21.Fe/c1-42-25(23-50)38-36(59)37(60)39(40(61)68-38)69-41-33(45-62)35(58)34(57)26(67-41)24-66-32(56)16-15-31(55)48(65)20-8-3-6-18-44-27(51)11-13-29(53)46(63)19-7-2-5-17-43-28(52)12-14-30(54)47(64)21-9-4-10-22-49;/h25-26,34-42,49-50,57-65H,2-24H2,1H3,(H,43,52)(H,44,51);/b45-33+;/t25?,26-,34-,35-,36+,37+,38-,39-,40?,41-;/m1./s1. The molecule has 2 rings (SSSR count). The van der Waals surface area contributed by atoms with Crippen molar-refractivity contribution in [2.45, 2.75) is 158 Å². The van der Waals surface area contributed by atoms with Crippen LogP contribution in [-0.2, 0) is 64.8 Å². The zero-order valence-corrected chi connectivity index (χ0v) is 40.3. The van der Waals surface area contributed by atoms with Gasteiger partial charge in [0.15, 0.2) is 6.29 Å². The van der Waals surface area contributed by atoms with Gasteiger partial charge in [-0.05, 0) is 64.8 Å². The second-order valence-electron chi connectivity index (χ2n) is 16.5. The second kappa shape index (κ2) is 35.4. The van der Waals surface area contributed by atoms with Gasteiger partial charge in [-0.1, -0.05) is 5.16 Å². The monoisotopic (exact) mass is 1060 g/mol. The largest absolute Gasteiger partial charge is 0.463 e. The minimum absolute atomic E-state index is 0. The Balaban J connectivity index is 0.0000245. The van der Waals surface area contributed by atoms with Crippen LogP contribution in [0.4, 0.5) is 0 Å². The molecule has 70 heavy (non-hydrogen) atoms. The average Bonchev–Trinajstić information content (AvgIpc) is 3.33. The van der Waals surface area contributed by atoms with Crippen LogP contribution in [0.2, 0.25) is 0 Å². The van der Waals surface area contributed by atoms with Crippen LogP contribution in [0.1, 0.15) is 96.3 Å². The fraction of sp³-hybridized carbons (Fsp3) is 0.829. The molecule has 2 unspecified atom stereocenters. The van der Waals surface area contributed by atoms with E-state index in [4.69, 9.17) is 24.1 Å². The van der Waals surface area contributed by atoms with Gasteiger partial charge in [0.25, 0.3) is 0 Å². The average molecular weight is 1060 g/mol. The van der Waals surface area contributed by atoms with Crippen molar-refractivity contribution in [3.05, 3.63) is 0 Å². The van der Waals surface area contributed by atoms with Crippen LogP contribution in [-0.4, -0.2) is 234 Å². The molecule has 2 aliphatic rings. The Kier molecular flexibility index (Phi) is 32.5. The van der Waals surface area contributed by atoms with Gasteiger partial charge in [-0.15, -0.1) is 0 Å². The maximum Gasteiger partial charge on any atom is 0.306 e. The maximum atomic E-state index is 12.4. The number of amides is 5. The molecule has 29 heteroatoms. The van der Waals surface area contributed by atoms with Crippen molar-refractivity contribution in [1.82, 2.24) is 31.1 Å². The normalized spacial score (nSPS) is 24.2. The molecule has 2 saturated heterocycles.